The molecule has 5 rings (SSSR count). The zero-order valence-corrected chi connectivity index (χ0v) is 17.7. The molecule has 4 aromatic rings. The van der Waals surface area contributed by atoms with Gasteiger partial charge in [0, 0.05) is 35.2 Å². The van der Waals surface area contributed by atoms with Crippen LogP contribution < -0.4 is 15.5 Å². The van der Waals surface area contributed by atoms with Gasteiger partial charge in [0.2, 0.25) is 0 Å². The fourth-order valence-electron chi connectivity index (χ4n) is 3.56. The average molecular weight is 452 g/mol. The average Bonchev–Trinajstić information content (AvgIpc) is 3.54. The van der Waals surface area contributed by atoms with Crippen molar-refractivity contribution in [3.05, 3.63) is 88.9 Å². The van der Waals surface area contributed by atoms with E-state index in [-0.39, 0.29) is 5.91 Å². The molecule has 0 aliphatic carbocycles. The third-order valence-corrected chi connectivity index (χ3v) is 5.24. The lowest BCUT2D eigenvalue weighted by Gasteiger charge is -2.22. The van der Waals surface area contributed by atoms with Crippen molar-refractivity contribution in [2.45, 2.75) is 12.6 Å². The number of fused-ring (bicyclic) bond motifs is 1. The predicted molar refractivity (Wildman–Crippen MR) is 114 cm³/mol. The van der Waals surface area contributed by atoms with E-state index in [1.54, 1.807) is 71.8 Å². The Kier molecular flexibility index (Phi) is 5.21. The molecule has 1 aromatic carbocycles. The third kappa shape index (κ3) is 3.77. The van der Waals surface area contributed by atoms with Crippen molar-refractivity contribution < 1.29 is 14.1 Å². The van der Waals surface area contributed by atoms with Crippen LogP contribution in [0.1, 0.15) is 27.7 Å². The number of hydrazine groups is 1. The number of hydrogen-bond acceptors (Lipinski definition) is 8. The van der Waals surface area contributed by atoms with Gasteiger partial charge in [0.25, 0.3) is 5.91 Å². The van der Waals surface area contributed by atoms with E-state index in [1.807, 2.05) is 0 Å². The van der Waals surface area contributed by atoms with Gasteiger partial charge in [-0.15, -0.1) is 0 Å². The Morgan fingerprint density at radius 2 is 2.25 bits per heavy atom. The van der Waals surface area contributed by atoms with Crippen molar-refractivity contribution in [1.82, 2.24) is 35.5 Å². The van der Waals surface area contributed by atoms with Crippen LogP contribution in [-0.4, -0.2) is 37.8 Å². The van der Waals surface area contributed by atoms with E-state index in [2.05, 4.69) is 26.0 Å². The molecule has 10 nitrogen and oxygen atoms in total. The first-order valence-electron chi connectivity index (χ1n) is 9.69. The number of carbonyl (C=O) groups is 1. The number of benzene rings is 1. The number of aromatic nitrogens is 4. The second-order valence-corrected chi connectivity index (χ2v) is 7.48. The van der Waals surface area contributed by atoms with Gasteiger partial charge in [-0.2, -0.15) is 5.10 Å². The highest BCUT2D eigenvalue weighted by Crippen LogP contribution is 2.35. The van der Waals surface area contributed by atoms with Crippen LogP contribution in [0.4, 0.5) is 0 Å². The summed E-state index contributed by atoms with van der Waals surface area (Å²) in [6, 6.07) is 8.42. The Bertz CT molecular complexity index is 1300. The minimum absolute atomic E-state index is 0.334. The Morgan fingerprint density at radius 1 is 1.34 bits per heavy atom. The molecular weight excluding hydrogens is 434 g/mol. The van der Waals surface area contributed by atoms with Crippen molar-refractivity contribution in [2.75, 3.05) is 7.11 Å². The van der Waals surface area contributed by atoms with E-state index in [0.717, 1.165) is 5.56 Å². The lowest BCUT2D eigenvalue weighted by Crippen LogP contribution is -2.33. The molecule has 32 heavy (non-hydrogen) atoms. The molecule has 2 N–H and O–H groups in total. The van der Waals surface area contributed by atoms with Crippen molar-refractivity contribution in [1.29, 1.82) is 0 Å². The first kappa shape index (κ1) is 20.0. The molecule has 0 radical (unpaired) electrons. The molecule has 162 valence electrons. The highest BCUT2D eigenvalue weighted by molar-refractivity contribution is 6.30. The number of nitrogens with zero attached hydrogens (tertiary/aromatic N) is 5. The summed E-state index contributed by atoms with van der Waals surface area (Å²) in [6.07, 6.45) is 8.21. The van der Waals surface area contributed by atoms with E-state index < -0.39 is 6.04 Å². The number of methoxy groups -OCH3 is 1. The van der Waals surface area contributed by atoms with E-state index >= 15 is 0 Å². The Balaban J connectivity index is 1.48. The molecule has 0 spiro atoms. The van der Waals surface area contributed by atoms with Gasteiger partial charge >= 0.3 is 0 Å². The summed E-state index contributed by atoms with van der Waals surface area (Å²) in [6.45, 7) is 0.400. The number of ether oxygens (including phenoxy) is 1. The number of rotatable bonds is 6. The number of amides is 1. The summed E-state index contributed by atoms with van der Waals surface area (Å²) in [5, 5.41) is 13.3. The molecule has 1 atom stereocenters. The largest absolute Gasteiger partial charge is 0.496 e. The Morgan fingerprint density at radius 3 is 3.06 bits per heavy atom. The van der Waals surface area contributed by atoms with Gasteiger partial charge in [-0.25, -0.2) is 14.9 Å². The maximum absolute atomic E-state index is 13.1. The third-order valence-electron chi connectivity index (χ3n) is 5.00. The summed E-state index contributed by atoms with van der Waals surface area (Å²) >= 11 is 6.26. The summed E-state index contributed by atoms with van der Waals surface area (Å²) in [7, 11) is 1.58. The Hall–Kier alpha value is -3.89. The van der Waals surface area contributed by atoms with Gasteiger partial charge in [0.15, 0.2) is 11.4 Å². The van der Waals surface area contributed by atoms with Gasteiger partial charge in [-0.3, -0.25) is 4.79 Å². The lowest BCUT2D eigenvalue weighted by atomic mass is 10.0. The molecule has 0 saturated carbocycles. The summed E-state index contributed by atoms with van der Waals surface area (Å²) < 4.78 is 12.3. The molecular formula is C21H18ClN7O3. The molecule has 1 amide bonds. The van der Waals surface area contributed by atoms with Gasteiger partial charge < -0.3 is 19.6 Å². The van der Waals surface area contributed by atoms with Gasteiger partial charge in [0.05, 0.1) is 37.8 Å². The van der Waals surface area contributed by atoms with E-state index in [9.17, 15) is 4.79 Å². The van der Waals surface area contributed by atoms with Crippen molar-refractivity contribution in [2.24, 2.45) is 0 Å². The molecule has 0 bridgehead atoms. The van der Waals surface area contributed by atoms with Crippen LogP contribution in [0.3, 0.4) is 0 Å². The number of hydrogen-bond donors (Lipinski definition) is 2. The summed E-state index contributed by atoms with van der Waals surface area (Å²) in [4.78, 5) is 17.4. The van der Waals surface area contributed by atoms with Crippen LogP contribution in [0.2, 0.25) is 5.02 Å². The smallest absolute Gasteiger partial charge is 0.261 e. The fraction of sp³-hybridized carbons (Fsp3) is 0.143. The van der Waals surface area contributed by atoms with Crippen LogP contribution in [0.15, 0.2) is 71.5 Å². The molecule has 0 fully saturated rings. The normalized spacial score (nSPS) is 15.8. The first-order chi connectivity index (χ1) is 15.6. The number of halogens is 1. The molecule has 0 saturated heterocycles. The minimum Gasteiger partial charge on any atom is -0.496 e. The van der Waals surface area contributed by atoms with Crippen LogP contribution in [0.5, 0.6) is 5.75 Å². The first-order valence-corrected chi connectivity index (χ1v) is 10.1. The SMILES string of the molecule is COc1ccc(Cl)cc1C1NN(Cc2ccno2)C=C1NC(=O)c1cnn2cccnc12. The highest BCUT2D eigenvalue weighted by atomic mass is 35.5. The number of nitrogens with one attached hydrogen (secondary N) is 2. The maximum atomic E-state index is 13.1. The van der Waals surface area contributed by atoms with Gasteiger partial charge in [-0.05, 0) is 24.3 Å². The van der Waals surface area contributed by atoms with Crippen molar-refractivity contribution >= 4 is 23.2 Å². The minimum atomic E-state index is -0.426. The zero-order chi connectivity index (χ0) is 22.1. The van der Waals surface area contributed by atoms with Crippen LogP contribution in [0.25, 0.3) is 5.65 Å². The van der Waals surface area contributed by atoms with E-state index in [0.29, 0.717) is 40.0 Å². The monoisotopic (exact) mass is 451 g/mol. The highest BCUT2D eigenvalue weighted by Gasteiger charge is 2.31. The van der Waals surface area contributed by atoms with Gasteiger partial charge in [0.1, 0.15) is 11.3 Å². The van der Waals surface area contributed by atoms with Crippen molar-refractivity contribution in [3.63, 3.8) is 0 Å². The maximum Gasteiger partial charge on any atom is 0.261 e. The van der Waals surface area contributed by atoms with E-state index in [1.165, 1.54) is 6.20 Å². The molecule has 1 aliphatic heterocycles. The zero-order valence-electron chi connectivity index (χ0n) is 16.9. The van der Waals surface area contributed by atoms with Crippen LogP contribution in [0, 0.1) is 0 Å². The van der Waals surface area contributed by atoms with E-state index in [4.69, 9.17) is 20.9 Å². The topological polar surface area (TPSA) is 110 Å². The summed E-state index contributed by atoms with van der Waals surface area (Å²) in [5.74, 6) is 0.954. The lowest BCUT2D eigenvalue weighted by molar-refractivity contribution is 0.0964. The second kappa shape index (κ2) is 8.33. The molecule has 1 aliphatic rings. The number of carbonyl (C=O) groups excluding carboxylic acids is 1. The van der Waals surface area contributed by atoms with Crippen LogP contribution in [-0.2, 0) is 6.54 Å². The van der Waals surface area contributed by atoms with Gasteiger partial charge in [-0.1, -0.05) is 16.8 Å². The molecule has 11 heteroatoms. The molecule has 4 heterocycles. The quantitative estimate of drug-likeness (QED) is 0.460. The van der Waals surface area contributed by atoms with Crippen LogP contribution >= 0.6 is 11.6 Å². The summed E-state index contributed by atoms with van der Waals surface area (Å²) in [5.41, 5.74) is 5.54. The predicted octanol–water partition coefficient (Wildman–Crippen LogP) is 2.71. The second-order valence-electron chi connectivity index (χ2n) is 7.04. The fourth-order valence-corrected chi connectivity index (χ4v) is 3.74. The Labute approximate surface area is 187 Å². The van der Waals surface area contributed by atoms with Crippen molar-refractivity contribution in [3.8, 4) is 5.75 Å². The molecule has 1 unspecified atom stereocenters. The standard InChI is InChI=1S/C21H18ClN7O3/c1-31-18-4-3-13(22)9-15(18)19-17(12-28(27-19)11-14-5-7-25-32-14)26-21(30)16-10-24-29-8-2-6-23-20(16)29/h2-10,12,19,27H,11H2,1H3,(H,26,30). The molecule has 3 aromatic heterocycles.